The van der Waals surface area contributed by atoms with Crippen LogP contribution in [0.2, 0.25) is 0 Å². The van der Waals surface area contributed by atoms with Gasteiger partial charge in [-0.1, -0.05) is 52.9 Å². The van der Waals surface area contributed by atoms with Crippen molar-refractivity contribution in [3.8, 4) is 0 Å². The standard InChI is InChI=1S/C16H36N2/c1-4-5-6-7-8-9-11-18-12-10-16(14-17)13-15(2)3/h15-16,18H,4-14,17H2,1-3H3. The summed E-state index contributed by atoms with van der Waals surface area (Å²) in [4.78, 5) is 0. The molecule has 0 bridgehead atoms. The summed E-state index contributed by atoms with van der Waals surface area (Å²) >= 11 is 0. The Morgan fingerprint density at radius 3 is 2.22 bits per heavy atom. The first-order chi connectivity index (χ1) is 8.70. The van der Waals surface area contributed by atoms with Gasteiger partial charge in [-0.25, -0.2) is 0 Å². The lowest BCUT2D eigenvalue weighted by atomic mass is 9.94. The number of hydrogen-bond donors (Lipinski definition) is 2. The van der Waals surface area contributed by atoms with Gasteiger partial charge in [0.2, 0.25) is 0 Å². The van der Waals surface area contributed by atoms with Crippen LogP contribution in [-0.4, -0.2) is 19.6 Å². The largest absolute Gasteiger partial charge is 0.330 e. The lowest BCUT2D eigenvalue weighted by molar-refractivity contribution is 0.385. The molecule has 18 heavy (non-hydrogen) atoms. The Morgan fingerprint density at radius 2 is 1.61 bits per heavy atom. The molecule has 2 nitrogen and oxygen atoms in total. The molecule has 110 valence electrons. The van der Waals surface area contributed by atoms with Gasteiger partial charge >= 0.3 is 0 Å². The minimum absolute atomic E-state index is 0.710. The molecular weight excluding hydrogens is 220 g/mol. The Bertz CT molecular complexity index is 157. The van der Waals surface area contributed by atoms with Gasteiger partial charge in [-0.15, -0.1) is 0 Å². The van der Waals surface area contributed by atoms with Crippen molar-refractivity contribution in [2.75, 3.05) is 19.6 Å². The highest BCUT2D eigenvalue weighted by atomic mass is 14.8. The van der Waals surface area contributed by atoms with E-state index in [1.165, 1.54) is 57.9 Å². The number of hydrogen-bond acceptors (Lipinski definition) is 2. The summed E-state index contributed by atoms with van der Waals surface area (Å²) in [6.07, 6.45) is 10.8. The molecule has 0 amide bonds. The molecule has 0 aliphatic rings. The molecule has 0 aliphatic heterocycles. The lowest BCUT2D eigenvalue weighted by Gasteiger charge is -2.17. The first-order valence-corrected chi connectivity index (χ1v) is 8.11. The van der Waals surface area contributed by atoms with Gasteiger partial charge in [-0.3, -0.25) is 0 Å². The summed E-state index contributed by atoms with van der Waals surface area (Å²) < 4.78 is 0. The molecule has 0 aromatic rings. The van der Waals surface area contributed by atoms with E-state index in [2.05, 4.69) is 26.1 Å². The Labute approximate surface area is 115 Å². The summed E-state index contributed by atoms with van der Waals surface area (Å²) in [6.45, 7) is 10.0. The Balaban J connectivity index is 3.23. The summed E-state index contributed by atoms with van der Waals surface area (Å²) in [5.41, 5.74) is 5.80. The Kier molecular flexibility index (Phi) is 13.3. The van der Waals surface area contributed by atoms with Gasteiger partial charge in [0.15, 0.2) is 0 Å². The van der Waals surface area contributed by atoms with Gasteiger partial charge in [0, 0.05) is 0 Å². The van der Waals surface area contributed by atoms with E-state index >= 15 is 0 Å². The van der Waals surface area contributed by atoms with Crippen molar-refractivity contribution in [1.29, 1.82) is 0 Å². The monoisotopic (exact) mass is 256 g/mol. The summed E-state index contributed by atoms with van der Waals surface area (Å²) in [7, 11) is 0. The topological polar surface area (TPSA) is 38.0 Å². The van der Waals surface area contributed by atoms with Crippen molar-refractivity contribution in [2.24, 2.45) is 17.6 Å². The zero-order valence-electron chi connectivity index (χ0n) is 13.0. The van der Waals surface area contributed by atoms with Crippen LogP contribution in [0.1, 0.15) is 72.1 Å². The van der Waals surface area contributed by atoms with Crippen LogP contribution in [0.25, 0.3) is 0 Å². The van der Waals surface area contributed by atoms with Gasteiger partial charge < -0.3 is 11.1 Å². The normalized spacial score (nSPS) is 13.2. The molecule has 3 N–H and O–H groups in total. The lowest BCUT2D eigenvalue weighted by Crippen LogP contribution is -2.24. The van der Waals surface area contributed by atoms with Crippen molar-refractivity contribution in [3.63, 3.8) is 0 Å². The van der Waals surface area contributed by atoms with Crippen LogP contribution < -0.4 is 11.1 Å². The van der Waals surface area contributed by atoms with Gasteiger partial charge in [0.25, 0.3) is 0 Å². The molecule has 2 heteroatoms. The molecule has 0 saturated carbocycles. The molecular formula is C16H36N2. The van der Waals surface area contributed by atoms with E-state index in [4.69, 9.17) is 5.73 Å². The zero-order valence-corrected chi connectivity index (χ0v) is 13.0. The smallest absolute Gasteiger partial charge is 0.00458 e. The molecule has 0 saturated heterocycles. The van der Waals surface area contributed by atoms with Gasteiger partial charge in [-0.05, 0) is 50.7 Å². The minimum Gasteiger partial charge on any atom is -0.330 e. The second-order valence-electron chi connectivity index (χ2n) is 6.04. The summed E-state index contributed by atoms with van der Waals surface area (Å²) in [5.74, 6) is 1.49. The third-order valence-corrected chi connectivity index (χ3v) is 3.57. The van der Waals surface area contributed by atoms with Crippen LogP contribution in [0.15, 0.2) is 0 Å². The first-order valence-electron chi connectivity index (χ1n) is 8.11. The van der Waals surface area contributed by atoms with Crippen molar-refractivity contribution in [2.45, 2.75) is 72.1 Å². The number of nitrogens with one attached hydrogen (secondary N) is 1. The van der Waals surface area contributed by atoms with Crippen LogP contribution in [0.4, 0.5) is 0 Å². The van der Waals surface area contributed by atoms with E-state index in [1.807, 2.05) is 0 Å². The van der Waals surface area contributed by atoms with Crippen LogP contribution in [0, 0.1) is 11.8 Å². The van der Waals surface area contributed by atoms with E-state index in [1.54, 1.807) is 0 Å². The molecule has 0 spiro atoms. The summed E-state index contributed by atoms with van der Waals surface area (Å²) in [6, 6.07) is 0. The molecule has 0 rings (SSSR count). The van der Waals surface area contributed by atoms with E-state index in [0.29, 0.717) is 5.92 Å². The van der Waals surface area contributed by atoms with Crippen molar-refractivity contribution < 1.29 is 0 Å². The fourth-order valence-electron chi connectivity index (χ4n) is 2.46. The molecule has 1 unspecified atom stereocenters. The van der Waals surface area contributed by atoms with E-state index in [9.17, 15) is 0 Å². The van der Waals surface area contributed by atoms with Gasteiger partial charge in [0.1, 0.15) is 0 Å². The van der Waals surface area contributed by atoms with Crippen LogP contribution >= 0.6 is 0 Å². The highest BCUT2D eigenvalue weighted by Crippen LogP contribution is 2.13. The van der Waals surface area contributed by atoms with Crippen molar-refractivity contribution in [3.05, 3.63) is 0 Å². The van der Waals surface area contributed by atoms with Crippen LogP contribution in [0.3, 0.4) is 0 Å². The predicted octanol–water partition coefficient (Wildman–Crippen LogP) is 3.95. The molecule has 0 aromatic heterocycles. The summed E-state index contributed by atoms with van der Waals surface area (Å²) in [5, 5.41) is 3.56. The molecule has 0 fully saturated rings. The van der Waals surface area contributed by atoms with Crippen molar-refractivity contribution in [1.82, 2.24) is 5.32 Å². The highest BCUT2D eigenvalue weighted by Gasteiger charge is 2.08. The number of nitrogens with two attached hydrogens (primary N) is 1. The Hall–Kier alpha value is -0.0800. The van der Waals surface area contributed by atoms with Crippen molar-refractivity contribution >= 4 is 0 Å². The first kappa shape index (κ1) is 17.9. The molecule has 0 heterocycles. The SMILES string of the molecule is CCCCCCCCNCCC(CN)CC(C)C. The molecule has 0 aliphatic carbocycles. The number of unbranched alkanes of at least 4 members (excludes halogenated alkanes) is 5. The van der Waals surface area contributed by atoms with Gasteiger partial charge in [0.05, 0.1) is 0 Å². The van der Waals surface area contributed by atoms with E-state index < -0.39 is 0 Å². The van der Waals surface area contributed by atoms with E-state index in [-0.39, 0.29) is 0 Å². The zero-order chi connectivity index (χ0) is 13.6. The minimum atomic E-state index is 0.710. The number of rotatable bonds is 13. The molecule has 0 aromatic carbocycles. The predicted molar refractivity (Wildman–Crippen MR) is 82.9 cm³/mol. The average Bonchev–Trinajstić information content (AvgIpc) is 2.35. The molecule has 0 radical (unpaired) electrons. The maximum absolute atomic E-state index is 5.80. The second kappa shape index (κ2) is 13.4. The third kappa shape index (κ3) is 12.4. The maximum Gasteiger partial charge on any atom is -0.00458 e. The van der Waals surface area contributed by atoms with E-state index in [0.717, 1.165) is 19.0 Å². The second-order valence-corrected chi connectivity index (χ2v) is 6.04. The third-order valence-electron chi connectivity index (χ3n) is 3.57. The highest BCUT2D eigenvalue weighted by molar-refractivity contribution is 4.64. The Morgan fingerprint density at radius 1 is 0.944 bits per heavy atom. The average molecular weight is 256 g/mol. The van der Waals surface area contributed by atoms with Crippen LogP contribution in [-0.2, 0) is 0 Å². The van der Waals surface area contributed by atoms with Crippen LogP contribution in [0.5, 0.6) is 0 Å². The van der Waals surface area contributed by atoms with Gasteiger partial charge in [-0.2, -0.15) is 0 Å². The maximum atomic E-state index is 5.80. The fourth-order valence-corrected chi connectivity index (χ4v) is 2.46. The fraction of sp³-hybridized carbons (Fsp3) is 1.00. The quantitative estimate of drug-likeness (QED) is 0.490. The molecule has 1 atom stereocenters.